The fourth-order valence-electron chi connectivity index (χ4n) is 2.96. The number of thiophene rings is 1. The van der Waals surface area contributed by atoms with Crippen molar-refractivity contribution in [3.63, 3.8) is 0 Å². The average molecular weight is 428 g/mol. The first-order valence-electron chi connectivity index (χ1n) is 8.91. The summed E-state index contributed by atoms with van der Waals surface area (Å²) < 4.78 is 1.92. The molecule has 0 aliphatic heterocycles. The third-order valence-corrected chi connectivity index (χ3v) is 5.71. The molecule has 0 bridgehead atoms. The lowest BCUT2D eigenvalue weighted by Crippen LogP contribution is -2.16. The second kappa shape index (κ2) is 8.16. The van der Waals surface area contributed by atoms with E-state index in [0.29, 0.717) is 40.1 Å². The molecule has 4 rings (SSSR count). The van der Waals surface area contributed by atoms with E-state index < -0.39 is 0 Å². The van der Waals surface area contributed by atoms with E-state index in [1.165, 1.54) is 11.3 Å². The monoisotopic (exact) mass is 427 g/mol. The molecule has 0 atom stereocenters. The number of para-hydroxylation sites is 1. The highest BCUT2D eigenvalue weighted by Crippen LogP contribution is 2.29. The van der Waals surface area contributed by atoms with Gasteiger partial charge in [0, 0.05) is 12.7 Å². The second-order valence-corrected chi connectivity index (χ2v) is 7.75. The van der Waals surface area contributed by atoms with Gasteiger partial charge in [0.25, 0.3) is 5.91 Å². The number of aromatic nitrogens is 4. The number of nitrogen functional groups attached to an aromatic ring is 1. The lowest BCUT2D eigenvalue weighted by Gasteiger charge is -2.09. The highest BCUT2D eigenvalue weighted by atomic mass is 35.5. The zero-order chi connectivity index (χ0) is 20.4. The molecule has 0 saturated carbocycles. The number of nitrogens with two attached hydrogens (primary N) is 2. The van der Waals surface area contributed by atoms with Gasteiger partial charge in [-0.3, -0.25) is 10.1 Å². The summed E-state index contributed by atoms with van der Waals surface area (Å²) in [7, 11) is 0. The number of nitrogens with one attached hydrogen (secondary N) is 1. The van der Waals surface area contributed by atoms with E-state index in [1.807, 2.05) is 22.8 Å². The minimum atomic E-state index is -0.260. The van der Waals surface area contributed by atoms with Crippen LogP contribution in [0, 0.1) is 0 Å². The average Bonchev–Trinajstić information content (AvgIpc) is 3.33. The molecule has 148 valence electrons. The SMILES string of the molecule is NCCCn1c(NC(=O)c2ccc(-c3ccnc(N)n3)s2)nc2c(Cl)cccc21. The van der Waals surface area contributed by atoms with Gasteiger partial charge in [0.2, 0.25) is 11.9 Å². The molecule has 4 aromatic rings. The van der Waals surface area contributed by atoms with Crippen molar-refractivity contribution in [2.24, 2.45) is 5.73 Å². The molecule has 10 heteroatoms. The third kappa shape index (κ3) is 3.93. The molecule has 8 nitrogen and oxygen atoms in total. The molecule has 0 radical (unpaired) electrons. The number of rotatable bonds is 6. The molecule has 0 saturated heterocycles. The third-order valence-electron chi connectivity index (χ3n) is 4.30. The summed E-state index contributed by atoms with van der Waals surface area (Å²) in [6.07, 6.45) is 2.33. The Hall–Kier alpha value is -3.01. The van der Waals surface area contributed by atoms with Crippen LogP contribution in [0.15, 0.2) is 42.6 Å². The summed E-state index contributed by atoms with van der Waals surface area (Å²) in [6, 6.07) is 10.9. The predicted octanol–water partition coefficient (Wildman–Crippen LogP) is 3.39. The maximum atomic E-state index is 12.8. The highest BCUT2D eigenvalue weighted by molar-refractivity contribution is 7.17. The van der Waals surface area contributed by atoms with Gasteiger partial charge in [-0.15, -0.1) is 11.3 Å². The van der Waals surface area contributed by atoms with Gasteiger partial charge in [-0.2, -0.15) is 0 Å². The van der Waals surface area contributed by atoms with E-state index in [0.717, 1.165) is 16.8 Å². The van der Waals surface area contributed by atoms with E-state index in [9.17, 15) is 4.79 Å². The minimum absolute atomic E-state index is 0.187. The highest BCUT2D eigenvalue weighted by Gasteiger charge is 2.17. The van der Waals surface area contributed by atoms with Crippen molar-refractivity contribution in [3.8, 4) is 10.6 Å². The molecular formula is C19H18ClN7OS. The smallest absolute Gasteiger partial charge is 0.268 e. The van der Waals surface area contributed by atoms with Gasteiger partial charge in [0.1, 0.15) is 5.52 Å². The molecule has 1 aromatic carbocycles. The number of amides is 1. The molecule has 0 aliphatic rings. The van der Waals surface area contributed by atoms with Crippen molar-refractivity contribution in [2.45, 2.75) is 13.0 Å². The van der Waals surface area contributed by atoms with Crippen LogP contribution in [0.5, 0.6) is 0 Å². The number of nitrogens with zero attached hydrogens (tertiary/aromatic N) is 4. The van der Waals surface area contributed by atoms with Crippen molar-refractivity contribution < 1.29 is 4.79 Å². The number of carbonyl (C=O) groups excluding carboxylic acids is 1. The van der Waals surface area contributed by atoms with Crippen LogP contribution in [0.2, 0.25) is 5.02 Å². The van der Waals surface area contributed by atoms with E-state index in [4.69, 9.17) is 23.1 Å². The van der Waals surface area contributed by atoms with Crippen LogP contribution >= 0.6 is 22.9 Å². The number of imidazole rings is 1. The molecule has 0 fully saturated rings. The normalized spacial score (nSPS) is 11.1. The van der Waals surface area contributed by atoms with Crippen LogP contribution < -0.4 is 16.8 Å². The zero-order valence-corrected chi connectivity index (χ0v) is 16.9. The Kier molecular flexibility index (Phi) is 5.43. The van der Waals surface area contributed by atoms with Crippen LogP contribution in [0.4, 0.5) is 11.9 Å². The van der Waals surface area contributed by atoms with E-state index in [2.05, 4.69) is 20.3 Å². The van der Waals surface area contributed by atoms with Gasteiger partial charge >= 0.3 is 0 Å². The zero-order valence-electron chi connectivity index (χ0n) is 15.3. The number of benzene rings is 1. The topological polar surface area (TPSA) is 125 Å². The Morgan fingerprint density at radius 3 is 2.86 bits per heavy atom. The lowest BCUT2D eigenvalue weighted by atomic mass is 10.3. The molecule has 3 heterocycles. The van der Waals surface area contributed by atoms with Gasteiger partial charge in [0.15, 0.2) is 0 Å². The second-order valence-electron chi connectivity index (χ2n) is 6.25. The molecule has 29 heavy (non-hydrogen) atoms. The van der Waals surface area contributed by atoms with E-state index >= 15 is 0 Å². The minimum Gasteiger partial charge on any atom is -0.368 e. The first-order valence-corrected chi connectivity index (χ1v) is 10.1. The van der Waals surface area contributed by atoms with Crippen molar-refractivity contribution >= 4 is 51.8 Å². The van der Waals surface area contributed by atoms with Crippen LogP contribution in [0.3, 0.4) is 0 Å². The van der Waals surface area contributed by atoms with Crippen LogP contribution in [-0.2, 0) is 6.54 Å². The molecule has 1 amide bonds. The van der Waals surface area contributed by atoms with Gasteiger partial charge < -0.3 is 16.0 Å². The fourth-order valence-corrected chi connectivity index (χ4v) is 4.04. The van der Waals surface area contributed by atoms with Crippen LogP contribution in [0.25, 0.3) is 21.6 Å². The van der Waals surface area contributed by atoms with Crippen LogP contribution in [-0.4, -0.2) is 32.0 Å². The Bertz CT molecular complexity index is 1190. The van der Waals surface area contributed by atoms with Gasteiger partial charge in [-0.05, 0) is 43.3 Å². The van der Waals surface area contributed by atoms with Gasteiger partial charge in [0.05, 0.1) is 26.0 Å². The lowest BCUT2D eigenvalue weighted by molar-refractivity contribution is 0.102. The molecule has 5 N–H and O–H groups in total. The summed E-state index contributed by atoms with van der Waals surface area (Å²) in [5.41, 5.74) is 13.5. The molecule has 0 unspecified atom stereocenters. The fraction of sp³-hybridized carbons (Fsp3) is 0.158. The van der Waals surface area contributed by atoms with Crippen molar-refractivity contribution in [1.29, 1.82) is 0 Å². The first kappa shape index (κ1) is 19.3. The Labute approximate surface area is 175 Å². The van der Waals surface area contributed by atoms with Gasteiger partial charge in [-0.1, -0.05) is 17.7 Å². The predicted molar refractivity (Wildman–Crippen MR) is 116 cm³/mol. The quantitative estimate of drug-likeness (QED) is 0.433. The number of anilines is 2. The number of halogens is 1. The van der Waals surface area contributed by atoms with E-state index in [-0.39, 0.29) is 11.9 Å². The molecule has 0 aliphatic carbocycles. The van der Waals surface area contributed by atoms with E-state index in [1.54, 1.807) is 24.4 Å². The van der Waals surface area contributed by atoms with Gasteiger partial charge in [-0.25, -0.2) is 15.0 Å². The summed E-state index contributed by atoms with van der Waals surface area (Å²) >= 11 is 7.60. The Balaban J connectivity index is 1.63. The number of hydrogen-bond donors (Lipinski definition) is 3. The summed E-state index contributed by atoms with van der Waals surface area (Å²) in [6.45, 7) is 1.16. The van der Waals surface area contributed by atoms with Crippen molar-refractivity contribution in [1.82, 2.24) is 19.5 Å². The molecular weight excluding hydrogens is 410 g/mol. The summed E-state index contributed by atoms with van der Waals surface area (Å²) in [4.78, 5) is 26.8. The Morgan fingerprint density at radius 2 is 2.07 bits per heavy atom. The van der Waals surface area contributed by atoms with Crippen molar-refractivity contribution in [2.75, 3.05) is 17.6 Å². The largest absolute Gasteiger partial charge is 0.368 e. The number of carbonyl (C=O) groups is 1. The molecule has 3 aromatic heterocycles. The first-order chi connectivity index (χ1) is 14.1. The maximum absolute atomic E-state index is 12.8. The number of aryl methyl sites for hydroxylation is 1. The summed E-state index contributed by atoms with van der Waals surface area (Å²) in [5, 5.41) is 3.43. The van der Waals surface area contributed by atoms with Crippen LogP contribution in [0.1, 0.15) is 16.1 Å². The van der Waals surface area contributed by atoms with Crippen molar-refractivity contribution in [3.05, 3.63) is 52.5 Å². The molecule has 0 spiro atoms. The number of hydrogen-bond acceptors (Lipinski definition) is 7. The number of fused-ring (bicyclic) bond motifs is 1. The Morgan fingerprint density at radius 1 is 1.21 bits per heavy atom. The summed E-state index contributed by atoms with van der Waals surface area (Å²) in [5.74, 6) is 0.365. The standard InChI is InChI=1S/C19H18ClN7OS/c20-11-3-1-4-13-16(11)25-19(27(13)10-2-8-21)26-17(28)15-6-5-14(29-15)12-7-9-23-18(22)24-12/h1,3-7,9H,2,8,10,21H2,(H2,22,23,24)(H,25,26,28). The maximum Gasteiger partial charge on any atom is 0.268 e.